The number of pyridine rings is 1. The first kappa shape index (κ1) is 17.4. The normalized spacial score (nSPS) is 23.1. The third-order valence-corrected chi connectivity index (χ3v) is 5.78. The van der Waals surface area contributed by atoms with E-state index in [0.29, 0.717) is 24.1 Å². The number of fused-ring (bicyclic) bond motifs is 1. The van der Waals surface area contributed by atoms with Crippen molar-refractivity contribution in [3.05, 3.63) is 24.0 Å². The molecule has 2 aromatic heterocycles. The molecule has 0 spiro atoms. The first-order valence-corrected chi connectivity index (χ1v) is 10.1. The van der Waals surface area contributed by atoms with Crippen LogP contribution in [0.15, 0.2) is 18.5 Å². The smallest absolute Gasteiger partial charge is 0.341 e. The van der Waals surface area contributed by atoms with Gasteiger partial charge >= 0.3 is 5.97 Å². The fraction of sp³-hybridized carbons (Fsp3) is 0.619. The van der Waals surface area contributed by atoms with Gasteiger partial charge in [0.25, 0.3) is 0 Å². The Morgan fingerprint density at radius 2 is 2.19 bits per heavy atom. The number of aromatic nitrogens is 2. The van der Waals surface area contributed by atoms with Crippen molar-refractivity contribution in [1.29, 1.82) is 0 Å². The molecule has 2 aliphatic carbocycles. The van der Waals surface area contributed by atoms with Gasteiger partial charge in [-0.2, -0.15) is 0 Å². The summed E-state index contributed by atoms with van der Waals surface area (Å²) in [6.45, 7) is 2.79. The molecule has 0 unspecified atom stereocenters. The van der Waals surface area contributed by atoms with Crippen molar-refractivity contribution in [2.75, 3.05) is 11.9 Å². The number of carbonyl (C=O) groups excluding carboxylic acids is 1. The first-order valence-electron chi connectivity index (χ1n) is 10.1. The van der Waals surface area contributed by atoms with Crippen LogP contribution in [0.1, 0.15) is 68.6 Å². The fourth-order valence-corrected chi connectivity index (χ4v) is 4.17. The molecule has 5 nitrogen and oxygen atoms in total. The maximum absolute atomic E-state index is 12.7. The standard InChI is InChI=1S/C21H29N3O2/c1-2-4-14-5-3-6-16(11-14)24-19-17-9-10-22-20(17)23-12-18(19)21(25)26-13-15-7-8-15/h9-10,12,14-16H,2-8,11,13H2,1H3,(H2,22,23,24)/t14-,16+/m0/s1. The summed E-state index contributed by atoms with van der Waals surface area (Å²) in [6, 6.07) is 2.41. The number of rotatable bonds is 7. The maximum Gasteiger partial charge on any atom is 0.341 e. The highest BCUT2D eigenvalue weighted by atomic mass is 16.5. The number of aromatic amines is 1. The van der Waals surface area contributed by atoms with Crippen LogP contribution in [-0.2, 0) is 4.74 Å². The molecule has 0 radical (unpaired) electrons. The van der Waals surface area contributed by atoms with E-state index < -0.39 is 0 Å². The molecular weight excluding hydrogens is 326 g/mol. The van der Waals surface area contributed by atoms with Gasteiger partial charge in [-0.1, -0.05) is 32.6 Å². The van der Waals surface area contributed by atoms with E-state index in [0.717, 1.165) is 29.1 Å². The molecule has 2 heterocycles. The highest BCUT2D eigenvalue weighted by molar-refractivity contribution is 6.04. The van der Waals surface area contributed by atoms with E-state index in [-0.39, 0.29) is 5.97 Å². The van der Waals surface area contributed by atoms with Crippen molar-refractivity contribution in [2.45, 2.75) is 64.3 Å². The summed E-state index contributed by atoms with van der Waals surface area (Å²) in [4.78, 5) is 20.2. The summed E-state index contributed by atoms with van der Waals surface area (Å²) in [6.07, 6.45) is 13.3. The number of hydrogen-bond acceptors (Lipinski definition) is 4. The van der Waals surface area contributed by atoms with E-state index in [9.17, 15) is 4.79 Å². The predicted octanol–water partition coefficient (Wildman–Crippen LogP) is 4.90. The molecule has 5 heteroatoms. The number of nitrogens with one attached hydrogen (secondary N) is 2. The Labute approximate surface area is 154 Å². The second-order valence-corrected chi connectivity index (χ2v) is 7.99. The third-order valence-electron chi connectivity index (χ3n) is 5.78. The first-order chi connectivity index (χ1) is 12.7. The van der Waals surface area contributed by atoms with Gasteiger partial charge in [-0.25, -0.2) is 9.78 Å². The van der Waals surface area contributed by atoms with Crippen LogP contribution in [-0.4, -0.2) is 28.6 Å². The lowest BCUT2D eigenvalue weighted by atomic mass is 9.83. The average molecular weight is 355 g/mol. The number of carbonyl (C=O) groups is 1. The predicted molar refractivity (Wildman–Crippen MR) is 103 cm³/mol. The number of ether oxygens (including phenoxy) is 1. The number of anilines is 1. The lowest BCUT2D eigenvalue weighted by Gasteiger charge is -2.31. The van der Waals surface area contributed by atoms with Crippen LogP contribution in [0.4, 0.5) is 5.69 Å². The molecule has 140 valence electrons. The zero-order valence-corrected chi connectivity index (χ0v) is 15.6. The summed E-state index contributed by atoms with van der Waals surface area (Å²) < 4.78 is 5.54. The van der Waals surface area contributed by atoms with Crippen LogP contribution in [0.5, 0.6) is 0 Å². The van der Waals surface area contributed by atoms with Crippen molar-refractivity contribution < 1.29 is 9.53 Å². The highest BCUT2D eigenvalue weighted by Crippen LogP contribution is 2.34. The maximum atomic E-state index is 12.7. The molecule has 2 saturated carbocycles. The summed E-state index contributed by atoms with van der Waals surface area (Å²) >= 11 is 0. The Kier molecular flexibility index (Phi) is 5.14. The molecule has 2 aliphatic rings. The Morgan fingerprint density at radius 1 is 1.31 bits per heavy atom. The molecular formula is C21H29N3O2. The molecule has 0 bridgehead atoms. The minimum absolute atomic E-state index is 0.254. The molecule has 4 rings (SSSR count). The van der Waals surface area contributed by atoms with E-state index in [2.05, 4.69) is 22.2 Å². The second-order valence-electron chi connectivity index (χ2n) is 7.99. The van der Waals surface area contributed by atoms with Crippen molar-refractivity contribution in [3.8, 4) is 0 Å². The number of esters is 1. The van der Waals surface area contributed by atoms with Crippen LogP contribution in [0.25, 0.3) is 11.0 Å². The highest BCUT2D eigenvalue weighted by Gasteiger charge is 2.27. The lowest BCUT2D eigenvalue weighted by molar-refractivity contribution is 0.0487. The Morgan fingerprint density at radius 3 is 3.00 bits per heavy atom. The van der Waals surface area contributed by atoms with E-state index in [1.165, 1.54) is 44.9 Å². The van der Waals surface area contributed by atoms with E-state index >= 15 is 0 Å². The zero-order chi connectivity index (χ0) is 17.9. The fourth-order valence-electron chi connectivity index (χ4n) is 4.17. The van der Waals surface area contributed by atoms with Crippen LogP contribution < -0.4 is 5.32 Å². The van der Waals surface area contributed by atoms with Crippen LogP contribution in [0, 0.1) is 11.8 Å². The molecule has 2 N–H and O–H groups in total. The van der Waals surface area contributed by atoms with Gasteiger partial charge in [-0.05, 0) is 43.6 Å². The topological polar surface area (TPSA) is 67.0 Å². The van der Waals surface area contributed by atoms with Gasteiger partial charge in [-0.15, -0.1) is 0 Å². The van der Waals surface area contributed by atoms with Crippen molar-refractivity contribution in [3.63, 3.8) is 0 Å². The molecule has 2 aromatic rings. The quantitative estimate of drug-likeness (QED) is 0.693. The SMILES string of the molecule is CCC[C@H]1CCC[C@@H](Nc2c(C(=O)OCC3CC3)cnc3[nH]ccc23)C1. The number of hydrogen-bond donors (Lipinski definition) is 2. The van der Waals surface area contributed by atoms with Gasteiger partial charge in [0.05, 0.1) is 12.3 Å². The zero-order valence-electron chi connectivity index (χ0n) is 15.6. The molecule has 0 amide bonds. The summed E-state index contributed by atoms with van der Waals surface area (Å²) in [7, 11) is 0. The second kappa shape index (κ2) is 7.68. The monoisotopic (exact) mass is 355 g/mol. The van der Waals surface area contributed by atoms with E-state index in [1.807, 2.05) is 12.3 Å². The van der Waals surface area contributed by atoms with Gasteiger partial charge < -0.3 is 15.0 Å². The molecule has 0 saturated heterocycles. The summed E-state index contributed by atoms with van der Waals surface area (Å²) in [5.41, 5.74) is 2.27. The van der Waals surface area contributed by atoms with Crippen LogP contribution in [0.2, 0.25) is 0 Å². The minimum atomic E-state index is -0.254. The van der Waals surface area contributed by atoms with Gasteiger partial charge in [0.15, 0.2) is 0 Å². The Balaban J connectivity index is 1.56. The number of nitrogens with zero attached hydrogens (tertiary/aromatic N) is 1. The van der Waals surface area contributed by atoms with Crippen LogP contribution >= 0.6 is 0 Å². The largest absolute Gasteiger partial charge is 0.462 e. The molecule has 26 heavy (non-hydrogen) atoms. The molecule has 0 aliphatic heterocycles. The minimum Gasteiger partial charge on any atom is -0.462 e. The molecule has 2 fully saturated rings. The lowest BCUT2D eigenvalue weighted by Crippen LogP contribution is -2.28. The average Bonchev–Trinajstić information content (AvgIpc) is 3.35. The molecule has 0 aromatic carbocycles. The van der Waals surface area contributed by atoms with Gasteiger partial charge in [-0.3, -0.25) is 0 Å². The molecule has 2 atom stereocenters. The van der Waals surface area contributed by atoms with Crippen molar-refractivity contribution in [2.24, 2.45) is 11.8 Å². The number of H-pyrrole nitrogens is 1. The van der Waals surface area contributed by atoms with Crippen LogP contribution in [0.3, 0.4) is 0 Å². The van der Waals surface area contributed by atoms with E-state index in [4.69, 9.17) is 4.74 Å². The van der Waals surface area contributed by atoms with Crippen molar-refractivity contribution >= 4 is 22.7 Å². The van der Waals surface area contributed by atoms with Gasteiger partial charge in [0.1, 0.15) is 11.2 Å². The Bertz CT molecular complexity index is 764. The van der Waals surface area contributed by atoms with Crippen molar-refractivity contribution in [1.82, 2.24) is 9.97 Å². The van der Waals surface area contributed by atoms with Gasteiger partial charge in [0.2, 0.25) is 0 Å². The van der Waals surface area contributed by atoms with Gasteiger partial charge in [0, 0.05) is 23.8 Å². The summed E-state index contributed by atoms with van der Waals surface area (Å²) in [5, 5.41) is 4.67. The van der Waals surface area contributed by atoms with E-state index in [1.54, 1.807) is 6.20 Å². The Hall–Kier alpha value is -2.04. The summed E-state index contributed by atoms with van der Waals surface area (Å²) in [5.74, 6) is 1.10. The third kappa shape index (κ3) is 3.87.